The Bertz CT molecular complexity index is 426. The summed E-state index contributed by atoms with van der Waals surface area (Å²) in [7, 11) is 1.64. The summed E-state index contributed by atoms with van der Waals surface area (Å²) in [6.45, 7) is 1.65. The zero-order valence-electron chi connectivity index (χ0n) is 10.2. The number of rotatable bonds is 5. The molecule has 100 valence electrons. The summed E-state index contributed by atoms with van der Waals surface area (Å²) in [6.07, 6.45) is 0. The molecule has 1 aromatic carbocycles. The van der Waals surface area contributed by atoms with E-state index in [-0.39, 0.29) is 25.2 Å². The van der Waals surface area contributed by atoms with Crippen LogP contribution in [-0.2, 0) is 4.79 Å². The van der Waals surface area contributed by atoms with Crippen LogP contribution in [0.2, 0.25) is 0 Å². The summed E-state index contributed by atoms with van der Waals surface area (Å²) in [4.78, 5) is 13.2. The van der Waals surface area contributed by atoms with E-state index in [0.29, 0.717) is 5.75 Å². The first-order valence-corrected chi connectivity index (χ1v) is 6.98. The third kappa shape index (κ3) is 4.26. The standard InChI is InChI=1S/C12H15Br2NO3/c1-8(6-16)15(2)12(17)7-18-11-4-3-9(13)5-10(11)14/h3-5,8,16H,6-7H2,1-2H3. The lowest BCUT2D eigenvalue weighted by Gasteiger charge is -2.23. The summed E-state index contributed by atoms with van der Waals surface area (Å²) in [6, 6.07) is 5.25. The molecule has 18 heavy (non-hydrogen) atoms. The normalized spacial score (nSPS) is 12.1. The molecule has 1 aromatic rings. The molecular weight excluding hydrogens is 366 g/mol. The molecule has 1 rings (SSSR count). The number of aliphatic hydroxyl groups is 1. The van der Waals surface area contributed by atoms with Gasteiger partial charge in [-0.2, -0.15) is 0 Å². The summed E-state index contributed by atoms with van der Waals surface area (Å²) in [5.74, 6) is 0.433. The van der Waals surface area contributed by atoms with Crippen molar-refractivity contribution in [2.45, 2.75) is 13.0 Å². The first-order valence-electron chi connectivity index (χ1n) is 5.40. The highest BCUT2D eigenvalue weighted by atomic mass is 79.9. The van der Waals surface area contributed by atoms with Gasteiger partial charge in [-0.25, -0.2) is 0 Å². The van der Waals surface area contributed by atoms with E-state index >= 15 is 0 Å². The number of hydrogen-bond acceptors (Lipinski definition) is 3. The summed E-state index contributed by atoms with van der Waals surface area (Å²) >= 11 is 6.70. The van der Waals surface area contributed by atoms with Crippen molar-refractivity contribution in [1.29, 1.82) is 0 Å². The van der Waals surface area contributed by atoms with Crippen LogP contribution in [0.25, 0.3) is 0 Å². The van der Waals surface area contributed by atoms with Crippen molar-refractivity contribution >= 4 is 37.8 Å². The second kappa shape index (κ2) is 7.11. The molecule has 0 aromatic heterocycles. The largest absolute Gasteiger partial charge is 0.483 e. The number of carbonyl (C=O) groups excluding carboxylic acids is 1. The fourth-order valence-corrected chi connectivity index (χ4v) is 2.36. The van der Waals surface area contributed by atoms with E-state index in [1.54, 1.807) is 20.0 Å². The summed E-state index contributed by atoms with van der Waals surface area (Å²) in [5, 5.41) is 8.97. The molecule has 0 aliphatic carbocycles. The lowest BCUT2D eigenvalue weighted by molar-refractivity contribution is -0.134. The minimum atomic E-state index is -0.213. The summed E-state index contributed by atoms with van der Waals surface area (Å²) in [5.41, 5.74) is 0. The second-order valence-electron chi connectivity index (χ2n) is 3.90. The first kappa shape index (κ1) is 15.5. The van der Waals surface area contributed by atoms with Gasteiger partial charge in [0.25, 0.3) is 5.91 Å². The quantitative estimate of drug-likeness (QED) is 0.853. The number of halogens is 2. The van der Waals surface area contributed by atoms with Crippen LogP contribution in [0.3, 0.4) is 0 Å². The van der Waals surface area contributed by atoms with E-state index in [1.807, 2.05) is 12.1 Å². The average molecular weight is 381 g/mol. The number of likely N-dealkylation sites (N-methyl/N-ethyl adjacent to an activating group) is 1. The van der Waals surface area contributed by atoms with Gasteiger partial charge in [-0.05, 0) is 41.1 Å². The lowest BCUT2D eigenvalue weighted by atomic mass is 10.3. The maximum absolute atomic E-state index is 11.8. The summed E-state index contributed by atoms with van der Waals surface area (Å²) < 4.78 is 7.14. The molecule has 1 atom stereocenters. The molecule has 0 saturated heterocycles. The number of nitrogens with zero attached hydrogens (tertiary/aromatic N) is 1. The van der Waals surface area contributed by atoms with Crippen molar-refractivity contribution in [2.75, 3.05) is 20.3 Å². The molecule has 0 spiro atoms. The number of ether oxygens (including phenoxy) is 1. The lowest BCUT2D eigenvalue weighted by Crippen LogP contribution is -2.40. The molecule has 0 aliphatic heterocycles. The minimum Gasteiger partial charge on any atom is -0.483 e. The van der Waals surface area contributed by atoms with Gasteiger partial charge in [0.05, 0.1) is 17.1 Å². The van der Waals surface area contributed by atoms with Gasteiger partial charge in [-0.1, -0.05) is 15.9 Å². The van der Waals surface area contributed by atoms with Crippen molar-refractivity contribution in [3.05, 3.63) is 27.1 Å². The number of benzene rings is 1. The van der Waals surface area contributed by atoms with Crippen molar-refractivity contribution in [3.8, 4) is 5.75 Å². The fraction of sp³-hybridized carbons (Fsp3) is 0.417. The molecule has 0 bridgehead atoms. The number of amides is 1. The Morgan fingerprint density at radius 1 is 1.50 bits per heavy atom. The van der Waals surface area contributed by atoms with Crippen LogP contribution in [0.1, 0.15) is 6.92 Å². The molecular formula is C12H15Br2NO3. The zero-order valence-corrected chi connectivity index (χ0v) is 13.4. The molecule has 1 N–H and O–H groups in total. The van der Waals surface area contributed by atoms with Crippen LogP contribution in [0, 0.1) is 0 Å². The van der Waals surface area contributed by atoms with E-state index in [2.05, 4.69) is 31.9 Å². The van der Waals surface area contributed by atoms with Gasteiger partial charge in [0.2, 0.25) is 0 Å². The zero-order chi connectivity index (χ0) is 13.7. The topological polar surface area (TPSA) is 49.8 Å². The molecule has 1 unspecified atom stereocenters. The van der Waals surface area contributed by atoms with Crippen molar-refractivity contribution in [1.82, 2.24) is 4.90 Å². The Kier molecular flexibility index (Phi) is 6.11. The van der Waals surface area contributed by atoms with Crippen molar-refractivity contribution in [3.63, 3.8) is 0 Å². The molecule has 0 saturated carbocycles. The van der Waals surface area contributed by atoms with E-state index < -0.39 is 0 Å². The van der Waals surface area contributed by atoms with Crippen LogP contribution in [0.4, 0.5) is 0 Å². The molecule has 0 aliphatic rings. The Hall–Kier alpha value is -0.590. The average Bonchev–Trinajstić information content (AvgIpc) is 2.35. The monoisotopic (exact) mass is 379 g/mol. The van der Waals surface area contributed by atoms with Gasteiger partial charge in [0.15, 0.2) is 6.61 Å². The predicted octanol–water partition coefficient (Wildman–Crippen LogP) is 2.43. The third-order valence-corrected chi connectivity index (χ3v) is 3.68. The van der Waals surface area contributed by atoms with E-state index in [0.717, 1.165) is 8.95 Å². The highest BCUT2D eigenvalue weighted by Crippen LogP contribution is 2.28. The number of carbonyl (C=O) groups is 1. The molecule has 6 heteroatoms. The van der Waals surface area contributed by atoms with Crippen LogP contribution in [-0.4, -0.2) is 42.2 Å². The predicted molar refractivity (Wildman–Crippen MR) is 76.7 cm³/mol. The fourth-order valence-electron chi connectivity index (χ4n) is 1.20. The Morgan fingerprint density at radius 3 is 2.72 bits per heavy atom. The van der Waals surface area contributed by atoms with Crippen LogP contribution < -0.4 is 4.74 Å². The Labute approximate surface area is 123 Å². The maximum atomic E-state index is 11.8. The smallest absolute Gasteiger partial charge is 0.260 e. The highest BCUT2D eigenvalue weighted by Gasteiger charge is 2.15. The van der Waals surface area contributed by atoms with Crippen LogP contribution >= 0.6 is 31.9 Å². The number of hydrogen-bond donors (Lipinski definition) is 1. The molecule has 0 radical (unpaired) electrons. The molecule has 4 nitrogen and oxygen atoms in total. The van der Waals surface area contributed by atoms with Gasteiger partial charge in [-0.15, -0.1) is 0 Å². The first-order chi connectivity index (χ1) is 8.45. The third-order valence-electron chi connectivity index (χ3n) is 2.56. The second-order valence-corrected chi connectivity index (χ2v) is 5.67. The molecule has 0 fully saturated rings. The van der Waals surface area contributed by atoms with Gasteiger partial charge in [-0.3, -0.25) is 4.79 Å². The van der Waals surface area contributed by atoms with Gasteiger partial charge < -0.3 is 14.7 Å². The minimum absolute atomic E-state index is 0.0545. The SMILES string of the molecule is CC(CO)N(C)C(=O)COc1ccc(Br)cc1Br. The molecule has 1 amide bonds. The maximum Gasteiger partial charge on any atom is 0.260 e. The highest BCUT2D eigenvalue weighted by molar-refractivity contribution is 9.11. The van der Waals surface area contributed by atoms with E-state index in [1.165, 1.54) is 4.90 Å². The van der Waals surface area contributed by atoms with Crippen molar-refractivity contribution < 1.29 is 14.6 Å². The van der Waals surface area contributed by atoms with E-state index in [9.17, 15) is 4.79 Å². The van der Waals surface area contributed by atoms with Gasteiger partial charge in [0, 0.05) is 11.5 Å². The van der Waals surface area contributed by atoms with E-state index in [4.69, 9.17) is 9.84 Å². The Morgan fingerprint density at radius 2 is 2.17 bits per heavy atom. The Balaban J connectivity index is 2.57. The van der Waals surface area contributed by atoms with Crippen LogP contribution in [0.15, 0.2) is 27.1 Å². The van der Waals surface area contributed by atoms with Crippen molar-refractivity contribution in [2.24, 2.45) is 0 Å². The van der Waals surface area contributed by atoms with Gasteiger partial charge in [0.1, 0.15) is 5.75 Å². The van der Waals surface area contributed by atoms with Gasteiger partial charge >= 0.3 is 0 Å². The molecule has 0 heterocycles. The number of aliphatic hydroxyl groups excluding tert-OH is 1. The van der Waals surface area contributed by atoms with Crippen LogP contribution in [0.5, 0.6) is 5.75 Å².